The molecule has 0 radical (unpaired) electrons. The van der Waals surface area contributed by atoms with Crippen LogP contribution in [-0.4, -0.2) is 34.5 Å². The van der Waals surface area contributed by atoms with Crippen molar-refractivity contribution in [2.75, 3.05) is 0 Å². The van der Waals surface area contributed by atoms with Crippen molar-refractivity contribution in [1.29, 1.82) is 0 Å². The van der Waals surface area contributed by atoms with Crippen molar-refractivity contribution in [3.63, 3.8) is 0 Å². The molecule has 21 aromatic rings. The zero-order valence-corrected chi connectivity index (χ0v) is 54.9. The first-order chi connectivity index (χ1) is 55.0. The van der Waals surface area contributed by atoms with Crippen LogP contribution in [0.2, 0.25) is 5.02 Å². The Kier molecular flexibility index (Phi) is 12.5. The SMILES string of the molecule is C.[2H]c1c([2H])c([2H])c(-c2nc(-c3ccc4c(c3)oc3ccccc34)nc(-c3ccc4c(c3)oc3cc(-n5c6ccccc6c6ccccc65)ccc34)n2)c([2H])c1[2H].[2H]c1c([2H])c([2H])c(-c2nc(-c3ccc4c(c3)oc3ccccc34)nc(-c3ccc4c(c3)oc3cc(Cl)ccc34)n2)c([2H])c1[2H].c1ccc2c(c1)Cc1ccccc1-2. The van der Waals surface area contributed by atoms with E-state index in [9.17, 15) is 0 Å². The maximum absolute atomic E-state index is 8.72. The van der Waals surface area contributed by atoms with Gasteiger partial charge in [0, 0.05) is 110 Å². The minimum absolute atomic E-state index is 0. The first kappa shape index (κ1) is 51.5. The molecular weight excluding hydrogens is 1300 g/mol. The minimum atomic E-state index is -0.496. The highest BCUT2D eigenvalue weighted by Crippen LogP contribution is 2.41. The fraction of sp³-hybridized carbons (Fsp3) is 0.0217. The Bertz CT molecular complexity index is 7470. The standard InChI is InChI=1S/C45H26N4O2.C33H18ClN3O2.C13H10.CH4/c1-2-10-27(11-3-1)43-46-44(28-18-21-34-33-14-6-9-17-39(33)50-40(34)24-28)48-45(47-43)29-19-22-35-36-23-20-30(26-42(36)51-41(35)25-29)49-37-15-7-4-12-31(37)32-13-5-8-16-38(32)49;34-22-12-15-26-25-14-11-21(17-29(25)39-30(26)18-22)33-36-31(19-6-2-1-3-7-19)35-32(37-33)20-10-13-24-23-8-4-5-9-27(23)38-28(24)16-20;1-3-7-12-10(5-1)9-11-6-2-4-8-13(11)12;/h1-26H;1-18H;1-8H,9H2;1H4/i1D,2D,3D,10D,11D;1D,2D,3D,6D,7D;;. The van der Waals surface area contributed by atoms with Gasteiger partial charge in [0.25, 0.3) is 0 Å². The average molecular weight is 1370 g/mol. The Morgan fingerprint density at radius 1 is 0.279 bits per heavy atom. The Hall–Kier alpha value is -13.6. The molecule has 0 fully saturated rings. The van der Waals surface area contributed by atoms with Crippen molar-refractivity contribution in [3.05, 3.63) is 331 Å². The van der Waals surface area contributed by atoms with E-state index in [1.54, 1.807) is 18.2 Å². The van der Waals surface area contributed by atoms with Crippen LogP contribution < -0.4 is 0 Å². The van der Waals surface area contributed by atoms with Crippen LogP contribution in [0.4, 0.5) is 0 Å². The van der Waals surface area contributed by atoms with Gasteiger partial charge in [0.05, 0.1) is 24.7 Å². The number of furan rings is 4. The number of hydrogen-bond donors (Lipinski definition) is 0. The van der Waals surface area contributed by atoms with Gasteiger partial charge in [-0.15, -0.1) is 0 Å². The van der Waals surface area contributed by atoms with Crippen molar-refractivity contribution >= 4 is 121 Å². The Labute approximate surface area is 614 Å². The lowest BCUT2D eigenvalue weighted by Gasteiger charge is -2.08. The Balaban J connectivity index is 0.000000133. The second kappa shape index (κ2) is 25.2. The summed E-state index contributed by atoms with van der Waals surface area (Å²) in [5, 5.41) is 10.4. The van der Waals surface area contributed by atoms with Gasteiger partial charge < -0.3 is 22.2 Å². The summed E-state index contributed by atoms with van der Waals surface area (Å²) in [5.74, 6) is 0.877. The third-order valence-corrected chi connectivity index (χ3v) is 19.2. The highest BCUT2D eigenvalue weighted by atomic mass is 35.5. The van der Waals surface area contributed by atoms with E-state index in [-0.39, 0.29) is 53.5 Å². The van der Waals surface area contributed by atoms with E-state index >= 15 is 0 Å². The van der Waals surface area contributed by atoms with Crippen LogP contribution in [0.5, 0.6) is 0 Å². The molecule has 0 saturated carbocycles. The summed E-state index contributed by atoms with van der Waals surface area (Å²) in [6, 6.07) is 79.3. The van der Waals surface area contributed by atoms with Gasteiger partial charge in [-0.2, -0.15) is 0 Å². The van der Waals surface area contributed by atoms with Gasteiger partial charge in [-0.3, -0.25) is 0 Å². The number of para-hydroxylation sites is 4. The van der Waals surface area contributed by atoms with Crippen LogP contribution in [0.3, 0.4) is 0 Å². The molecule has 0 amide bonds. The zero-order valence-electron chi connectivity index (χ0n) is 64.1. The van der Waals surface area contributed by atoms with Crippen LogP contribution in [0, 0.1) is 0 Å². The van der Waals surface area contributed by atoms with Gasteiger partial charge in [-0.1, -0.05) is 225 Å². The van der Waals surface area contributed by atoms with Gasteiger partial charge >= 0.3 is 0 Å². The molecule has 7 heterocycles. The molecule has 0 bridgehead atoms. The highest BCUT2D eigenvalue weighted by Gasteiger charge is 2.22. The second-order valence-corrected chi connectivity index (χ2v) is 25.5. The number of nitrogens with zero attached hydrogens (tertiary/aromatic N) is 7. The lowest BCUT2D eigenvalue weighted by atomic mass is 10.1. The summed E-state index contributed by atoms with van der Waals surface area (Å²) in [6.45, 7) is 0. The van der Waals surface area contributed by atoms with Gasteiger partial charge in [-0.25, -0.2) is 29.9 Å². The molecule has 0 atom stereocenters. The number of benzene rings is 14. The molecule has 0 N–H and O–H groups in total. The Morgan fingerprint density at radius 2 is 0.587 bits per heavy atom. The molecule has 0 unspecified atom stereocenters. The number of hydrogen-bond acceptors (Lipinski definition) is 10. The minimum Gasteiger partial charge on any atom is -0.456 e. The number of fused-ring (bicyclic) bond motifs is 18. The third-order valence-electron chi connectivity index (χ3n) is 18.9. The number of aromatic nitrogens is 7. The van der Waals surface area contributed by atoms with E-state index in [0.29, 0.717) is 60.8 Å². The van der Waals surface area contributed by atoms with E-state index < -0.39 is 60.4 Å². The predicted octanol–water partition coefficient (Wildman–Crippen LogP) is 25.0. The van der Waals surface area contributed by atoms with Crippen LogP contribution in [0.1, 0.15) is 32.3 Å². The lowest BCUT2D eigenvalue weighted by molar-refractivity contribution is 0.668. The quantitative estimate of drug-likeness (QED) is 0.152. The lowest BCUT2D eigenvalue weighted by Crippen LogP contribution is -2.00. The molecule has 1 aliphatic carbocycles. The van der Waals surface area contributed by atoms with Crippen molar-refractivity contribution in [2.45, 2.75) is 13.8 Å². The molecule has 22 rings (SSSR count). The smallest absolute Gasteiger partial charge is 0.164 e. The number of halogens is 1. The molecule has 104 heavy (non-hydrogen) atoms. The molecule has 11 nitrogen and oxygen atoms in total. The largest absolute Gasteiger partial charge is 0.456 e. The fourth-order valence-electron chi connectivity index (χ4n) is 14.2. The van der Waals surface area contributed by atoms with Gasteiger partial charge in [-0.05, 0) is 126 Å². The van der Waals surface area contributed by atoms with Gasteiger partial charge in [0.2, 0.25) is 0 Å². The van der Waals surface area contributed by atoms with Gasteiger partial charge in [0.15, 0.2) is 34.9 Å². The first-order valence-corrected chi connectivity index (χ1v) is 33.7. The van der Waals surface area contributed by atoms with Crippen molar-refractivity contribution in [3.8, 4) is 85.1 Å². The summed E-state index contributed by atoms with van der Waals surface area (Å²) in [6.07, 6.45) is 1.10. The molecule has 14 aromatic carbocycles. The second-order valence-electron chi connectivity index (χ2n) is 25.0. The van der Waals surface area contributed by atoms with Crippen molar-refractivity contribution in [1.82, 2.24) is 34.5 Å². The summed E-state index contributed by atoms with van der Waals surface area (Å²) in [4.78, 5) is 28.4. The van der Waals surface area contributed by atoms with E-state index in [1.807, 2.05) is 133 Å². The molecule has 12 heteroatoms. The van der Waals surface area contributed by atoms with E-state index in [4.69, 9.17) is 62.9 Å². The van der Waals surface area contributed by atoms with Crippen LogP contribution in [-0.2, 0) is 6.42 Å². The summed E-state index contributed by atoms with van der Waals surface area (Å²) < 4.78 is 111. The van der Waals surface area contributed by atoms with E-state index in [1.165, 1.54) is 33.0 Å². The maximum atomic E-state index is 8.72. The topological polar surface area (TPSA) is 135 Å². The molecule has 0 saturated heterocycles. The molecule has 492 valence electrons. The molecular formula is C92H58ClN7O4. The van der Waals surface area contributed by atoms with Crippen molar-refractivity contribution in [2.24, 2.45) is 0 Å². The van der Waals surface area contributed by atoms with Crippen LogP contribution in [0.25, 0.3) is 195 Å². The Morgan fingerprint density at radius 3 is 1.01 bits per heavy atom. The summed E-state index contributed by atoms with van der Waals surface area (Å²) in [7, 11) is 0. The van der Waals surface area contributed by atoms with Crippen LogP contribution >= 0.6 is 11.6 Å². The monoisotopic (exact) mass is 1370 g/mol. The van der Waals surface area contributed by atoms with E-state index in [2.05, 4.69) is 118 Å². The van der Waals surface area contributed by atoms with Gasteiger partial charge in [0.1, 0.15) is 44.7 Å². The maximum Gasteiger partial charge on any atom is 0.164 e. The average Bonchev–Trinajstić information content (AvgIpc) is 1.62. The molecule has 0 spiro atoms. The number of rotatable bonds is 7. The zero-order chi connectivity index (χ0) is 76.8. The molecule has 1 aliphatic rings. The first-order valence-electron chi connectivity index (χ1n) is 38.3. The normalized spacial score (nSPS) is 13.1. The predicted molar refractivity (Wildman–Crippen MR) is 422 cm³/mol. The third kappa shape index (κ3) is 10.8. The van der Waals surface area contributed by atoms with Crippen LogP contribution in [0.15, 0.2) is 333 Å². The summed E-state index contributed by atoms with van der Waals surface area (Å²) >= 11 is 6.18. The fourth-order valence-corrected chi connectivity index (χ4v) is 14.3. The van der Waals surface area contributed by atoms with E-state index in [0.717, 1.165) is 77.4 Å². The highest BCUT2D eigenvalue weighted by molar-refractivity contribution is 6.31. The molecule has 7 aromatic heterocycles. The van der Waals surface area contributed by atoms with Crippen molar-refractivity contribution < 1.29 is 31.4 Å². The summed E-state index contributed by atoms with van der Waals surface area (Å²) in [5.41, 5.74) is 16.4. The molecule has 0 aliphatic heterocycles.